The fourth-order valence-electron chi connectivity index (χ4n) is 3.97. The highest BCUT2D eigenvalue weighted by Gasteiger charge is 2.43. The van der Waals surface area contributed by atoms with Gasteiger partial charge in [0.25, 0.3) is 0 Å². The highest BCUT2D eigenvalue weighted by molar-refractivity contribution is 5.84. The van der Waals surface area contributed by atoms with Crippen LogP contribution in [0.15, 0.2) is 0 Å². The highest BCUT2D eigenvalue weighted by atomic mass is 16.2. The molecule has 1 saturated heterocycles. The lowest BCUT2D eigenvalue weighted by Gasteiger charge is -2.38. The number of hydrogen-bond donors (Lipinski definition) is 1. The zero-order chi connectivity index (χ0) is 14.0. The fourth-order valence-corrected chi connectivity index (χ4v) is 3.97. The van der Waals surface area contributed by atoms with Crippen LogP contribution in [0.4, 0.5) is 0 Å². The van der Waals surface area contributed by atoms with Gasteiger partial charge in [-0.15, -0.1) is 0 Å². The first-order valence-corrected chi connectivity index (χ1v) is 8.14. The van der Waals surface area contributed by atoms with Crippen molar-refractivity contribution >= 4 is 5.91 Å². The van der Waals surface area contributed by atoms with Gasteiger partial charge in [0, 0.05) is 6.04 Å². The maximum Gasteiger partial charge on any atom is 0.241 e. The molecule has 3 atom stereocenters. The van der Waals surface area contributed by atoms with Crippen LogP contribution in [0.5, 0.6) is 0 Å². The molecule has 110 valence electrons. The molecule has 0 spiro atoms. The van der Waals surface area contributed by atoms with E-state index in [1.807, 2.05) is 0 Å². The maximum absolute atomic E-state index is 12.7. The van der Waals surface area contributed by atoms with Gasteiger partial charge in [-0.3, -0.25) is 10.1 Å². The van der Waals surface area contributed by atoms with E-state index in [9.17, 15) is 4.79 Å². The first kappa shape index (κ1) is 14.8. The van der Waals surface area contributed by atoms with Gasteiger partial charge in [-0.05, 0) is 38.0 Å². The summed E-state index contributed by atoms with van der Waals surface area (Å²) in [4.78, 5) is 14.8. The molecule has 1 aliphatic carbocycles. The standard InChI is InChI=1S/C16H30N2O/c1-5-14(13-9-7-6-8-10-13)18-12(4)17-15(11(2)3)16(18)19/h11-15,17H,5-10H2,1-4H3. The molecule has 2 rings (SSSR count). The van der Waals surface area contributed by atoms with Crippen molar-refractivity contribution in [2.75, 3.05) is 0 Å². The van der Waals surface area contributed by atoms with Gasteiger partial charge in [0.15, 0.2) is 0 Å². The van der Waals surface area contributed by atoms with Crippen LogP contribution in [0.1, 0.15) is 66.2 Å². The zero-order valence-electron chi connectivity index (χ0n) is 13.0. The molecule has 3 heteroatoms. The summed E-state index contributed by atoms with van der Waals surface area (Å²) in [6.07, 6.45) is 7.98. The Morgan fingerprint density at radius 2 is 1.89 bits per heavy atom. The highest BCUT2D eigenvalue weighted by Crippen LogP contribution is 2.33. The molecule has 2 fully saturated rings. The van der Waals surface area contributed by atoms with Gasteiger partial charge in [-0.25, -0.2) is 0 Å². The lowest BCUT2D eigenvalue weighted by molar-refractivity contribution is -0.134. The van der Waals surface area contributed by atoms with Crippen LogP contribution in [0.2, 0.25) is 0 Å². The summed E-state index contributed by atoms with van der Waals surface area (Å²) in [5.74, 6) is 1.43. The summed E-state index contributed by atoms with van der Waals surface area (Å²) >= 11 is 0. The van der Waals surface area contributed by atoms with E-state index in [0.29, 0.717) is 17.9 Å². The quantitative estimate of drug-likeness (QED) is 0.848. The first-order chi connectivity index (χ1) is 9.06. The lowest BCUT2D eigenvalue weighted by atomic mass is 9.82. The van der Waals surface area contributed by atoms with Crippen molar-refractivity contribution in [2.45, 2.75) is 84.5 Å². The van der Waals surface area contributed by atoms with E-state index in [2.05, 4.69) is 37.9 Å². The Kier molecular flexibility index (Phi) is 4.88. The molecule has 1 saturated carbocycles. The number of hydrogen-bond acceptors (Lipinski definition) is 2. The third-order valence-corrected chi connectivity index (χ3v) is 4.99. The Balaban J connectivity index is 2.11. The van der Waals surface area contributed by atoms with Crippen LogP contribution < -0.4 is 5.32 Å². The fraction of sp³-hybridized carbons (Fsp3) is 0.938. The summed E-state index contributed by atoms with van der Waals surface area (Å²) in [5.41, 5.74) is 0. The first-order valence-electron chi connectivity index (χ1n) is 8.14. The third-order valence-electron chi connectivity index (χ3n) is 4.99. The molecular weight excluding hydrogens is 236 g/mol. The molecule has 0 aromatic rings. The Labute approximate surface area is 118 Å². The molecule has 0 aromatic carbocycles. The van der Waals surface area contributed by atoms with E-state index in [-0.39, 0.29) is 12.2 Å². The number of amides is 1. The van der Waals surface area contributed by atoms with Crippen molar-refractivity contribution < 1.29 is 4.79 Å². The summed E-state index contributed by atoms with van der Waals surface area (Å²) in [5, 5.41) is 3.48. The zero-order valence-corrected chi connectivity index (χ0v) is 13.0. The van der Waals surface area contributed by atoms with Crippen molar-refractivity contribution in [1.82, 2.24) is 10.2 Å². The Hall–Kier alpha value is -0.570. The monoisotopic (exact) mass is 266 g/mol. The second-order valence-electron chi connectivity index (χ2n) is 6.68. The van der Waals surface area contributed by atoms with Crippen LogP contribution >= 0.6 is 0 Å². The molecule has 1 aliphatic heterocycles. The van der Waals surface area contributed by atoms with Crippen LogP contribution in [0.25, 0.3) is 0 Å². The van der Waals surface area contributed by atoms with E-state index >= 15 is 0 Å². The van der Waals surface area contributed by atoms with Gasteiger partial charge in [0.05, 0.1) is 12.2 Å². The van der Waals surface area contributed by atoms with Crippen molar-refractivity contribution in [3.63, 3.8) is 0 Å². The smallest absolute Gasteiger partial charge is 0.241 e. The van der Waals surface area contributed by atoms with Crippen molar-refractivity contribution in [1.29, 1.82) is 0 Å². The van der Waals surface area contributed by atoms with Crippen LogP contribution in [0.3, 0.4) is 0 Å². The summed E-state index contributed by atoms with van der Waals surface area (Å²) < 4.78 is 0. The molecule has 3 unspecified atom stereocenters. The van der Waals surface area contributed by atoms with Crippen LogP contribution in [-0.4, -0.2) is 29.1 Å². The average molecular weight is 266 g/mol. The number of nitrogens with one attached hydrogen (secondary N) is 1. The van der Waals surface area contributed by atoms with Gasteiger partial charge in [-0.1, -0.05) is 40.0 Å². The minimum atomic E-state index is 0.0210. The van der Waals surface area contributed by atoms with Gasteiger partial charge in [0.2, 0.25) is 5.91 Å². The van der Waals surface area contributed by atoms with Gasteiger partial charge in [-0.2, -0.15) is 0 Å². The largest absolute Gasteiger partial charge is 0.323 e. The molecule has 1 heterocycles. The normalized spacial score (nSPS) is 31.2. The summed E-state index contributed by atoms with van der Waals surface area (Å²) in [7, 11) is 0. The van der Waals surface area contributed by atoms with E-state index in [4.69, 9.17) is 0 Å². The van der Waals surface area contributed by atoms with E-state index in [0.717, 1.165) is 12.3 Å². The second kappa shape index (κ2) is 6.25. The van der Waals surface area contributed by atoms with E-state index < -0.39 is 0 Å². The predicted octanol–water partition coefficient (Wildman–Crippen LogP) is 3.15. The van der Waals surface area contributed by atoms with Crippen molar-refractivity contribution in [2.24, 2.45) is 11.8 Å². The van der Waals surface area contributed by atoms with Crippen LogP contribution in [-0.2, 0) is 4.79 Å². The second-order valence-corrected chi connectivity index (χ2v) is 6.68. The van der Waals surface area contributed by atoms with Gasteiger partial charge in [0.1, 0.15) is 0 Å². The predicted molar refractivity (Wildman–Crippen MR) is 78.7 cm³/mol. The Morgan fingerprint density at radius 3 is 2.37 bits per heavy atom. The van der Waals surface area contributed by atoms with E-state index in [1.165, 1.54) is 32.1 Å². The Morgan fingerprint density at radius 1 is 1.26 bits per heavy atom. The molecule has 3 nitrogen and oxygen atoms in total. The molecule has 1 N–H and O–H groups in total. The molecule has 19 heavy (non-hydrogen) atoms. The number of rotatable bonds is 4. The molecule has 0 aromatic heterocycles. The van der Waals surface area contributed by atoms with Crippen LogP contribution in [0, 0.1) is 11.8 Å². The maximum atomic E-state index is 12.7. The minimum Gasteiger partial charge on any atom is -0.323 e. The molecule has 0 radical (unpaired) electrons. The summed E-state index contributed by atoms with van der Waals surface area (Å²) in [6.45, 7) is 8.65. The topological polar surface area (TPSA) is 32.3 Å². The Bertz CT molecular complexity index is 310. The van der Waals surface area contributed by atoms with Crippen molar-refractivity contribution in [3.8, 4) is 0 Å². The third kappa shape index (κ3) is 2.96. The van der Waals surface area contributed by atoms with Gasteiger partial charge < -0.3 is 4.90 Å². The minimum absolute atomic E-state index is 0.0210. The number of carbonyl (C=O) groups excluding carboxylic acids is 1. The van der Waals surface area contributed by atoms with E-state index in [1.54, 1.807) is 0 Å². The molecular formula is C16H30N2O. The molecule has 0 bridgehead atoms. The number of nitrogens with zero attached hydrogens (tertiary/aromatic N) is 1. The van der Waals surface area contributed by atoms with Gasteiger partial charge >= 0.3 is 0 Å². The number of carbonyl (C=O) groups is 1. The average Bonchev–Trinajstić information content (AvgIpc) is 2.69. The molecule has 2 aliphatic rings. The summed E-state index contributed by atoms with van der Waals surface area (Å²) in [6, 6.07) is 0.465. The SMILES string of the molecule is CCC(C1CCCCC1)N1C(=O)C(C(C)C)NC1C. The molecule has 1 amide bonds. The lowest BCUT2D eigenvalue weighted by Crippen LogP contribution is -2.47. The van der Waals surface area contributed by atoms with Crippen molar-refractivity contribution in [3.05, 3.63) is 0 Å².